The number of sulfonamides is 1. The minimum atomic E-state index is -3.57. The molecular weight excluding hydrogens is 378 g/mol. The fourth-order valence-corrected chi connectivity index (χ4v) is 3.24. The normalized spacial score (nSPS) is 11.9. The Bertz CT molecular complexity index is 840. The van der Waals surface area contributed by atoms with Crippen molar-refractivity contribution >= 4 is 16.0 Å². The molecule has 1 aromatic carbocycles. The first-order valence-electron chi connectivity index (χ1n) is 9.12. The molecule has 28 heavy (non-hydrogen) atoms. The quantitative estimate of drug-likeness (QED) is 0.313. The second-order valence-electron chi connectivity index (χ2n) is 5.94. The van der Waals surface area contributed by atoms with Gasteiger partial charge in [-0.2, -0.15) is 0 Å². The van der Waals surface area contributed by atoms with Gasteiger partial charge in [0.05, 0.1) is 13.1 Å². The van der Waals surface area contributed by atoms with Crippen LogP contribution in [0.25, 0.3) is 0 Å². The Labute approximate surface area is 166 Å². The number of nitrogens with zero attached hydrogens (tertiary/aromatic N) is 2. The Balaban J connectivity index is 1.74. The molecular formula is C19H27N5O3S. The molecule has 3 N–H and O–H groups in total. The molecule has 8 nitrogen and oxygen atoms in total. The van der Waals surface area contributed by atoms with Crippen molar-refractivity contribution in [3.63, 3.8) is 0 Å². The Morgan fingerprint density at radius 2 is 1.93 bits per heavy atom. The Hall–Kier alpha value is -2.65. The van der Waals surface area contributed by atoms with Crippen LogP contribution in [0.5, 0.6) is 5.75 Å². The van der Waals surface area contributed by atoms with E-state index in [0.717, 1.165) is 5.75 Å². The Morgan fingerprint density at radius 3 is 2.61 bits per heavy atom. The van der Waals surface area contributed by atoms with Gasteiger partial charge in [0, 0.05) is 25.5 Å². The molecule has 1 aromatic heterocycles. The maximum absolute atomic E-state index is 12.1. The SMILES string of the molecule is CCNC(=NCCNS(=O)(=O)c1cccnc1)NCCOc1ccc(C)cc1. The number of aryl methyl sites for hydroxylation is 1. The van der Waals surface area contributed by atoms with E-state index in [4.69, 9.17) is 4.74 Å². The van der Waals surface area contributed by atoms with E-state index in [-0.39, 0.29) is 11.4 Å². The molecule has 0 aliphatic rings. The van der Waals surface area contributed by atoms with E-state index in [0.29, 0.717) is 32.2 Å². The molecule has 0 saturated heterocycles. The number of rotatable bonds is 10. The zero-order valence-corrected chi connectivity index (χ0v) is 17.0. The van der Waals surface area contributed by atoms with Crippen molar-refractivity contribution in [3.8, 4) is 5.75 Å². The van der Waals surface area contributed by atoms with Crippen LogP contribution in [0.2, 0.25) is 0 Å². The summed E-state index contributed by atoms with van der Waals surface area (Å²) in [4.78, 5) is 8.32. The third kappa shape index (κ3) is 7.53. The highest BCUT2D eigenvalue weighted by molar-refractivity contribution is 7.89. The Kier molecular flexibility index (Phi) is 8.70. The van der Waals surface area contributed by atoms with Gasteiger partial charge in [-0.05, 0) is 38.1 Å². The third-order valence-corrected chi connectivity index (χ3v) is 5.09. The van der Waals surface area contributed by atoms with Crippen LogP contribution in [-0.2, 0) is 10.0 Å². The molecule has 2 aromatic rings. The highest BCUT2D eigenvalue weighted by atomic mass is 32.2. The summed E-state index contributed by atoms with van der Waals surface area (Å²) in [5, 5.41) is 6.27. The van der Waals surface area contributed by atoms with Gasteiger partial charge in [-0.15, -0.1) is 0 Å². The summed E-state index contributed by atoms with van der Waals surface area (Å²) in [5.74, 6) is 1.43. The minimum absolute atomic E-state index is 0.136. The van der Waals surface area contributed by atoms with Gasteiger partial charge in [-0.3, -0.25) is 9.98 Å². The van der Waals surface area contributed by atoms with Crippen molar-refractivity contribution in [2.75, 3.05) is 32.8 Å². The molecule has 152 valence electrons. The van der Waals surface area contributed by atoms with Crippen molar-refractivity contribution in [2.45, 2.75) is 18.7 Å². The van der Waals surface area contributed by atoms with Gasteiger partial charge in [-0.25, -0.2) is 13.1 Å². The number of benzene rings is 1. The molecule has 9 heteroatoms. The zero-order chi connectivity index (χ0) is 20.2. The summed E-state index contributed by atoms with van der Waals surface area (Å²) in [5.41, 5.74) is 1.19. The van der Waals surface area contributed by atoms with Crippen molar-refractivity contribution in [1.82, 2.24) is 20.3 Å². The predicted molar refractivity (Wildman–Crippen MR) is 110 cm³/mol. The summed E-state index contributed by atoms with van der Waals surface area (Å²) in [6, 6.07) is 10.9. The molecule has 0 aliphatic heterocycles. The largest absolute Gasteiger partial charge is 0.492 e. The number of hydrogen-bond donors (Lipinski definition) is 3. The van der Waals surface area contributed by atoms with E-state index in [2.05, 4.69) is 25.3 Å². The number of hydrogen-bond acceptors (Lipinski definition) is 5. The van der Waals surface area contributed by atoms with Crippen LogP contribution in [0.15, 0.2) is 58.7 Å². The molecule has 0 radical (unpaired) electrons. The van der Waals surface area contributed by atoms with Crippen LogP contribution in [0.4, 0.5) is 0 Å². The van der Waals surface area contributed by atoms with Crippen LogP contribution in [-0.4, -0.2) is 52.1 Å². The lowest BCUT2D eigenvalue weighted by Gasteiger charge is -2.12. The number of aliphatic imine (C=N–C) groups is 1. The van der Waals surface area contributed by atoms with Gasteiger partial charge in [0.25, 0.3) is 0 Å². The molecule has 0 bridgehead atoms. The van der Waals surface area contributed by atoms with Gasteiger partial charge >= 0.3 is 0 Å². The molecule has 0 spiro atoms. The Morgan fingerprint density at radius 1 is 1.14 bits per heavy atom. The number of ether oxygens (including phenoxy) is 1. The molecule has 0 fully saturated rings. The fraction of sp³-hybridized carbons (Fsp3) is 0.368. The highest BCUT2D eigenvalue weighted by Gasteiger charge is 2.12. The smallest absolute Gasteiger partial charge is 0.242 e. The fourth-order valence-electron chi connectivity index (χ4n) is 2.25. The lowest BCUT2D eigenvalue weighted by molar-refractivity contribution is 0.322. The molecule has 0 saturated carbocycles. The van der Waals surface area contributed by atoms with Crippen molar-refractivity contribution in [3.05, 3.63) is 54.4 Å². The maximum Gasteiger partial charge on any atom is 0.242 e. The molecule has 0 unspecified atom stereocenters. The number of guanidine groups is 1. The number of nitrogens with one attached hydrogen (secondary N) is 3. The van der Waals surface area contributed by atoms with E-state index < -0.39 is 10.0 Å². The second-order valence-corrected chi connectivity index (χ2v) is 7.70. The van der Waals surface area contributed by atoms with Crippen LogP contribution in [0.3, 0.4) is 0 Å². The number of pyridine rings is 1. The zero-order valence-electron chi connectivity index (χ0n) is 16.2. The van der Waals surface area contributed by atoms with E-state index in [1.54, 1.807) is 6.07 Å². The molecule has 0 amide bonds. The monoisotopic (exact) mass is 405 g/mol. The van der Waals surface area contributed by atoms with Crippen molar-refractivity contribution in [1.29, 1.82) is 0 Å². The van der Waals surface area contributed by atoms with Gasteiger partial charge in [0.2, 0.25) is 10.0 Å². The average Bonchev–Trinajstić information content (AvgIpc) is 2.70. The van der Waals surface area contributed by atoms with Crippen molar-refractivity contribution < 1.29 is 13.2 Å². The summed E-state index contributed by atoms with van der Waals surface area (Å²) in [6.07, 6.45) is 2.84. The third-order valence-electron chi connectivity index (χ3n) is 3.65. The molecule has 0 atom stereocenters. The molecule has 0 aliphatic carbocycles. The first-order chi connectivity index (χ1) is 13.5. The summed E-state index contributed by atoms with van der Waals surface area (Å²) in [6.45, 7) is 6.24. The summed E-state index contributed by atoms with van der Waals surface area (Å²) >= 11 is 0. The van der Waals surface area contributed by atoms with E-state index in [9.17, 15) is 8.42 Å². The van der Waals surface area contributed by atoms with Gasteiger partial charge in [0.1, 0.15) is 17.3 Å². The standard InChI is InChI=1S/C19H27N5O3S/c1-3-21-19(23-13-14-27-17-8-6-16(2)7-9-17)22-11-12-24-28(25,26)18-5-4-10-20-15-18/h4-10,15,24H,3,11-14H2,1-2H3,(H2,21,22,23). The highest BCUT2D eigenvalue weighted by Crippen LogP contribution is 2.10. The van der Waals surface area contributed by atoms with Crippen molar-refractivity contribution in [2.24, 2.45) is 4.99 Å². The van der Waals surface area contributed by atoms with Crippen LogP contribution in [0.1, 0.15) is 12.5 Å². The van der Waals surface area contributed by atoms with E-state index in [1.807, 2.05) is 38.1 Å². The lowest BCUT2D eigenvalue weighted by Crippen LogP contribution is -2.40. The van der Waals surface area contributed by atoms with Gasteiger partial charge in [-0.1, -0.05) is 17.7 Å². The lowest BCUT2D eigenvalue weighted by atomic mass is 10.2. The van der Waals surface area contributed by atoms with Gasteiger partial charge < -0.3 is 15.4 Å². The van der Waals surface area contributed by atoms with Crippen LogP contribution >= 0.6 is 0 Å². The second kappa shape index (κ2) is 11.3. The van der Waals surface area contributed by atoms with Gasteiger partial charge in [0.15, 0.2) is 5.96 Å². The average molecular weight is 406 g/mol. The minimum Gasteiger partial charge on any atom is -0.492 e. The maximum atomic E-state index is 12.1. The first-order valence-corrected chi connectivity index (χ1v) is 10.6. The molecule has 1 heterocycles. The van der Waals surface area contributed by atoms with E-state index in [1.165, 1.54) is 24.0 Å². The van der Waals surface area contributed by atoms with E-state index >= 15 is 0 Å². The molecule has 2 rings (SSSR count). The first kappa shape index (κ1) is 21.6. The number of aromatic nitrogens is 1. The predicted octanol–water partition coefficient (Wildman–Crippen LogP) is 1.30. The topological polar surface area (TPSA) is 105 Å². The van der Waals surface area contributed by atoms with Crippen LogP contribution in [0, 0.1) is 6.92 Å². The van der Waals surface area contributed by atoms with Crippen LogP contribution < -0.4 is 20.1 Å². The summed E-state index contributed by atoms with van der Waals surface area (Å²) < 4.78 is 32.4. The summed E-state index contributed by atoms with van der Waals surface area (Å²) in [7, 11) is -3.57.